The largest absolute Gasteiger partial charge is 0.440 e. The molecule has 1 aliphatic rings. The third-order valence-electron chi connectivity index (χ3n) is 5.07. The fourth-order valence-electron chi connectivity index (χ4n) is 3.54. The van der Waals surface area contributed by atoms with Gasteiger partial charge in [-0.2, -0.15) is 0 Å². The van der Waals surface area contributed by atoms with Crippen molar-refractivity contribution in [2.75, 3.05) is 13.1 Å². The van der Waals surface area contributed by atoms with Crippen molar-refractivity contribution >= 4 is 28.6 Å². The molecule has 0 radical (unpaired) electrons. The summed E-state index contributed by atoms with van der Waals surface area (Å²) in [6.45, 7) is 1.51. The van der Waals surface area contributed by atoms with E-state index in [-0.39, 0.29) is 11.8 Å². The van der Waals surface area contributed by atoms with Gasteiger partial charge >= 0.3 is 0 Å². The Morgan fingerprint density at radius 3 is 2.62 bits per heavy atom. The highest BCUT2D eigenvalue weighted by atomic mass is 35.5. The number of aryl methyl sites for hydroxylation is 1. The second-order valence-electron chi connectivity index (χ2n) is 6.77. The molecule has 5 heteroatoms. The van der Waals surface area contributed by atoms with Crippen molar-refractivity contribution in [1.29, 1.82) is 0 Å². The molecule has 0 bridgehead atoms. The number of nitrogens with zero attached hydrogens (tertiary/aromatic N) is 2. The maximum absolute atomic E-state index is 12.5. The Morgan fingerprint density at radius 2 is 1.85 bits per heavy atom. The summed E-state index contributed by atoms with van der Waals surface area (Å²) in [5.41, 5.74) is 2.77. The Morgan fingerprint density at radius 1 is 1.12 bits per heavy atom. The number of rotatable bonds is 4. The molecule has 0 atom stereocenters. The van der Waals surface area contributed by atoms with E-state index in [1.807, 2.05) is 53.4 Å². The number of carbonyl (C=O) groups excluding carboxylic acids is 1. The average molecular weight is 369 g/mol. The van der Waals surface area contributed by atoms with Crippen LogP contribution in [0.15, 0.2) is 52.9 Å². The minimum absolute atomic E-state index is 0.195. The molecular weight excluding hydrogens is 348 g/mol. The number of para-hydroxylation sites is 2. The van der Waals surface area contributed by atoms with Gasteiger partial charge in [0.05, 0.1) is 0 Å². The normalized spacial score (nSPS) is 15.5. The van der Waals surface area contributed by atoms with E-state index in [2.05, 4.69) is 4.98 Å². The Labute approximate surface area is 157 Å². The molecule has 3 aromatic rings. The molecule has 1 saturated heterocycles. The van der Waals surface area contributed by atoms with Crippen LogP contribution >= 0.6 is 11.6 Å². The molecule has 4 rings (SSSR count). The highest BCUT2D eigenvalue weighted by Gasteiger charge is 2.26. The zero-order chi connectivity index (χ0) is 17.9. The van der Waals surface area contributed by atoms with E-state index in [9.17, 15) is 4.79 Å². The fraction of sp³-hybridized carbons (Fsp3) is 0.333. The number of halogens is 1. The van der Waals surface area contributed by atoms with Gasteiger partial charge in [0, 0.05) is 30.5 Å². The quantitative estimate of drug-likeness (QED) is 0.663. The predicted octanol–water partition coefficient (Wildman–Crippen LogP) is 4.82. The number of hydrogen-bond donors (Lipinski definition) is 0. The lowest BCUT2D eigenvalue weighted by Crippen LogP contribution is -2.38. The number of piperidine rings is 1. The highest BCUT2D eigenvalue weighted by Crippen LogP contribution is 2.30. The molecule has 0 aliphatic carbocycles. The SMILES string of the molecule is O=C(CCc1ccccc1Cl)N1CCC(c2nc3ccccc3o2)CC1. The Hall–Kier alpha value is -2.33. The lowest BCUT2D eigenvalue weighted by atomic mass is 9.96. The monoisotopic (exact) mass is 368 g/mol. The van der Waals surface area contributed by atoms with E-state index in [0.717, 1.165) is 53.5 Å². The van der Waals surface area contributed by atoms with E-state index in [0.29, 0.717) is 12.8 Å². The van der Waals surface area contributed by atoms with Gasteiger partial charge < -0.3 is 9.32 Å². The Balaban J connectivity index is 1.33. The standard InChI is InChI=1S/C21H21ClN2O2/c22-17-6-2-1-5-15(17)9-10-20(25)24-13-11-16(12-14-24)21-23-18-7-3-4-8-19(18)26-21/h1-8,16H,9-14H2. The maximum Gasteiger partial charge on any atom is 0.222 e. The van der Waals surface area contributed by atoms with Gasteiger partial charge in [0.2, 0.25) is 5.91 Å². The summed E-state index contributed by atoms with van der Waals surface area (Å²) < 4.78 is 5.89. The molecule has 0 spiro atoms. The molecule has 0 N–H and O–H groups in total. The Bertz CT molecular complexity index is 880. The van der Waals surface area contributed by atoms with Crippen molar-refractivity contribution in [1.82, 2.24) is 9.88 Å². The second-order valence-corrected chi connectivity index (χ2v) is 7.17. The number of benzene rings is 2. The van der Waals surface area contributed by atoms with Crippen molar-refractivity contribution in [2.24, 2.45) is 0 Å². The minimum atomic E-state index is 0.195. The van der Waals surface area contributed by atoms with E-state index in [1.165, 1.54) is 0 Å². The van der Waals surface area contributed by atoms with Crippen LogP contribution in [0, 0.1) is 0 Å². The first-order chi connectivity index (χ1) is 12.7. The highest BCUT2D eigenvalue weighted by molar-refractivity contribution is 6.31. The molecule has 1 aromatic heterocycles. The van der Waals surface area contributed by atoms with Crippen LogP contribution in [-0.4, -0.2) is 28.9 Å². The summed E-state index contributed by atoms with van der Waals surface area (Å²) >= 11 is 6.17. The maximum atomic E-state index is 12.5. The van der Waals surface area contributed by atoms with Crippen molar-refractivity contribution in [3.63, 3.8) is 0 Å². The van der Waals surface area contributed by atoms with Gasteiger partial charge in [0.1, 0.15) is 5.52 Å². The molecule has 26 heavy (non-hydrogen) atoms. The average Bonchev–Trinajstić information content (AvgIpc) is 3.11. The first kappa shape index (κ1) is 17.1. The van der Waals surface area contributed by atoms with Crippen LogP contribution < -0.4 is 0 Å². The summed E-state index contributed by atoms with van der Waals surface area (Å²) in [6, 6.07) is 15.5. The van der Waals surface area contributed by atoms with Gasteiger partial charge in [-0.15, -0.1) is 0 Å². The first-order valence-electron chi connectivity index (χ1n) is 9.07. The third kappa shape index (κ3) is 3.61. The number of carbonyl (C=O) groups is 1. The van der Waals surface area contributed by atoms with E-state index in [1.54, 1.807) is 0 Å². The topological polar surface area (TPSA) is 46.3 Å². The summed E-state index contributed by atoms with van der Waals surface area (Å²) in [5.74, 6) is 1.28. The van der Waals surface area contributed by atoms with Gasteiger partial charge in [-0.1, -0.05) is 41.9 Å². The van der Waals surface area contributed by atoms with E-state index < -0.39 is 0 Å². The van der Waals surface area contributed by atoms with Gasteiger partial charge in [0.15, 0.2) is 11.5 Å². The second kappa shape index (κ2) is 7.50. The lowest BCUT2D eigenvalue weighted by molar-refractivity contribution is -0.132. The van der Waals surface area contributed by atoms with Crippen LogP contribution in [-0.2, 0) is 11.2 Å². The minimum Gasteiger partial charge on any atom is -0.440 e. The van der Waals surface area contributed by atoms with Crippen molar-refractivity contribution < 1.29 is 9.21 Å². The fourth-order valence-corrected chi connectivity index (χ4v) is 3.77. The van der Waals surface area contributed by atoms with E-state index >= 15 is 0 Å². The number of amides is 1. The lowest BCUT2D eigenvalue weighted by Gasteiger charge is -2.30. The number of likely N-dealkylation sites (tertiary alicyclic amines) is 1. The first-order valence-corrected chi connectivity index (χ1v) is 9.45. The molecule has 134 valence electrons. The number of fused-ring (bicyclic) bond motifs is 1. The smallest absolute Gasteiger partial charge is 0.222 e. The van der Waals surface area contributed by atoms with Crippen molar-refractivity contribution in [3.8, 4) is 0 Å². The zero-order valence-electron chi connectivity index (χ0n) is 14.5. The molecule has 1 fully saturated rings. The third-order valence-corrected chi connectivity index (χ3v) is 5.44. The summed E-state index contributed by atoms with van der Waals surface area (Å²) in [5, 5.41) is 0.731. The number of oxazole rings is 1. The van der Waals surface area contributed by atoms with Crippen LogP contribution in [0.25, 0.3) is 11.1 Å². The summed E-state index contributed by atoms with van der Waals surface area (Å²) in [7, 11) is 0. The number of aromatic nitrogens is 1. The van der Waals surface area contributed by atoms with Crippen LogP contribution in [0.4, 0.5) is 0 Å². The van der Waals surface area contributed by atoms with Gasteiger partial charge in [-0.25, -0.2) is 4.98 Å². The molecule has 2 aromatic carbocycles. The molecule has 1 amide bonds. The van der Waals surface area contributed by atoms with Crippen LogP contribution in [0.3, 0.4) is 0 Å². The summed E-state index contributed by atoms with van der Waals surface area (Å²) in [6.07, 6.45) is 2.97. The van der Waals surface area contributed by atoms with E-state index in [4.69, 9.17) is 16.0 Å². The van der Waals surface area contributed by atoms with Crippen molar-refractivity contribution in [3.05, 3.63) is 65.0 Å². The molecule has 0 saturated carbocycles. The zero-order valence-corrected chi connectivity index (χ0v) is 15.3. The number of hydrogen-bond acceptors (Lipinski definition) is 3. The molecule has 2 heterocycles. The van der Waals surface area contributed by atoms with Gasteiger partial charge in [-0.05, 0) is 43.0 Å². The van der Waals surface area contributed by atoms with Crippen LogP contribution in [0.2, 0.25) is 5.02 Å². The molecule has 1 aliphatic heterocycles. The van der Waals surface area contributed by atoms with Gasteiger partial charge in [-0.3, -0.25) is 4.79 Å². The molecular formula is C21H21ClN2O2. The van der Waals surface area contributed by atoms with Gasteiger partial charge in [0.25, 0.3) is 0 Å². The Kier molecular flexibility index (Phi) is 4.93. The molecule has 4 nitrogen and oxygen atoms in total. The van der Waals surface area contributed by atoms with Crippen LogP contribution in [0.1, 0.15) is 36.6 Å². The van der Waals surface area contributed by atoms with Crippen LogP contribution in [0.5, 0.6) is 0 Å². The van der Waals surface area contributed by atoms with Crippen molar-refractivity contribution in [2.45, 2.75) is 31.6 Å². The summed E-state index contributed by atoms with van der Waals surface area (Å²) in [4.78, 5) is 19.1. The molecule has 0 unspecified atom stereocenters. The predicted molar refractivity (Wildman–Crippen MR) is 102 cm³/mol.